The number of rotatable bonds is 4. The van der Waals surface area contributed by atoms with Gasteiger partial charge < -0.3 is 25.6 Å². The monoisotopic (exact) mass is 294 g/mol. The van der Waals surface area contributed by atoms with E-state index in [2.05, 4.69) is 25.6 Å². The third-order valence-corrected chi connectivity index (χ3v) is 3.58. The van der Waals surface area contributed by atoms with E-state index in [9.17, 15) is 10.2 Å². The van der Waals surface area contributed by atoms with E-state index >= 15 is 0 Å². The molecule has 0 unspecified atom stereocenters. The van der Waals surface area contributed by atoms with Gasteiger partial charge in [-0.3, -0.25) is 4.57 Å². The summed E-state index contributed by atoms with van der Waals surface area (Å²) >= 11 is 0. The highest BCUT2D eigenvalue weighted by Crippen LogP contribution is 2.32. The van der Waals surface area contributed by atoms with Gasteiger partial charge in [0.05, 0.1) is 19.0 Å². The molecule has 4 N–H and O–H groups in total. The third-order valence-electron chi connectivity index (χ3n) is 3.58. The van der Waals surface area contributed by atoms with Crippen molar-refractivity contribution >= 4 is 22.9 Å². The van der Waals surface area contributed by atoms with Crippen LogP contribution in [0.5, 0.6) is 0 Å². The molecule has 1 aliphatic heterocycles. The van der Waals surface area contributed by atoms with Gasteiger partial charge >= 0.3 is 0 Å². The molecular weight excluding hydrogens is 276 g/mol. The molecule has 3 heterocycles. The minimum Gasteiger partial charge on any atom is -0.394 e. The molecule has 1 aliphatic rings. The Labute approximate surface area is 121 Å². The SMILES string of the molecule is CNc1nc(NC)c2ncn([C@@H]3C[C@@H](O)[C@H](CO)O3)c2n1. The number of hydrogen-bond donors (Lipinski definition) is 4. The van der Waals surface area contributed by atoms with Gasteiger partial charge in [0.2, 0.25) is 5.95 Å². The highest BCUT2D eigenvalue weighted by atomic mass is 16.5. The van der Waals surface area contributed by atoms with Crippen LogP contribution in [0.15, 0.2) is 6.33 Å². The lowest BCUT2D eigenvalue weighted by Gasteiger charge is -2.14. The lowest BCUT2D eigenvalue weighted by atomic mass is 10.2. The summed E-state index contributed by atoms with van der Waals surface area (Å²) < 4.78 is 7.39. The van der Waals surface area contributed by atoms with Gasteiger partial charge in [-0.05, 0) is 0 Å². The molecule has 9 nitrogen and oxygen atoms in total. The zero-order valence-corrected chi connectivity index (χ0v) is 11.8. The van der Waals surface area contributed by atoms with Gasteiger partial charge in [-0.2, -0.15) is 9.97 Å². The lowest BCUT2D eigenvalue weighted by molar-refractivity contribution is -0.0432. The number of aliphatic hydroxyl groups excluding tert-OH is 2. The molecule has 0 amide bonds. The average Bonchev–Trinajstić information content (AvgIpc) is 3.08. The molecule has 21 heavy (non-hydrogen) atoms. The van der Waals surface area contributed by atoms with Gasteiger partial charge in [-0.1, -0.05) is 0 Å². The summed E-state index contributed by atoms with van der Waals surface area (Å²) in [5, 5.41) is 24.9. The molecule has 2 aromatic rings. The van der Waals surface area contributed by atoms with Gasteiger partial charge in [0.15, 0.2) is 17.0 Å². The Morgan fingerprint density at radius 3 is 2.81 bits per heavy atom. The summed E-state index contributed by atoms with van der Waals surface area (Å²) in [7, 11) is 3.50. The second-order valence-corrected chi connectivity index (χ2v) is 4.83. The van der Waals surface area contributed by atoms with Crippen molar-refractivity contribution in [3.63, 3.8) is 0 Å². The van der Waals surface area contributed by atoms with E-state index < -0.39 is 18.4 Å². The Morgan fingerprint density at radius 2 is 2.19 bits per heavy atom. The number of fused-ring (bicyclic) bond motifs is 1. The van der Waals surface area contributed by atoms with Crippen molar-refractivity contribution in [3.8, 4) is 0 Å². The molecule has 0 aliphatic carbocycles. The maximum atomic E-state index is 9.86. The predicted molar refractivity (Wildman–Crippen MR) is 76.0 cm³/mol. The topological polar surface area (TPSA) is 117 Å². The number of ether oxygens (including phenoxy) is 1. The maximum absolute atomic E-state index is 9.86. The minimum absolute atomic E-state index is 0.219. The van der Waals surface area contributed by atoms with Gasteiger partial charge in [0, 0.05) is 20.5 Å². The molecule has 0 aromatic carbocycles. The highest BCUT2D eigenvalue weighted by molar-refractivity contribution is 5.84. The molecule has 9 heteroatoms. The molecule has 3 rings (SSSR count). The number of aliphatic hydroxyl groups is 2. The summed E-state index contributed by atoms with van der Waals surface area (Å²) in [5.41, 5.74) is 1.23. The van der Waals surface area contributed by atoms with Crippen molar-refractivity contribution < 1.29 is 14.9 Å². The molecular formula is C12H18N6O3. The summed E-state index contributed by atoms with van der Waals surface area (Å²) in [5.74, 6) is 1.08. The van der Waals surface area contributed by atoms with E-state index in [4.69, 9.17) is 4.74 Å². The largest absolute Gasteiger partial charge is 0.394 e. The fourth-order valence-corrected chi connectivity index (χ4v) is 2.46. The van der Waals surface area contributed by atoms with E-state index in [1.807, 2.05) is 0 Å². The number of anilines is 2. The third kappa shape index (κ3) is 2.28. The number of nitrogens with one attached hydrogen (secondary N) is 2. The van der Waals surface area contributed by atoms with Crippen LogP contribution in [0.4, 0.5) is 11.8 Å². The van der Waals surface area contributed by atoms with Crippen LogP contribution in [-0.4, -0.2) is 62.6 Å². The van der Waals surface area contributed by atoms with Gasteiger partial charge in [-0.25, -0.2) is 4.98 Å². The van der Waals surface area contributed by atoms with E-state index in [0.717, 1.165) is 0 Å². The quantitative estimate of drug-likeness (QED) is 0.599. The first-order valence-corrected chi connectivity index (χ1v) is 6.72. The van der Waals surface area contributed by atoms with Crippen molar-refractivity contribution in [2.24, 2.45) is 0 Å². The van der Waals surface area contributed by atoms with Crippen LogP contribution in [0.3, 0.4) is 0 Å². The normalized spacial score (nSPS) is 25.4. The fraction of sp³-hybridized carbons (Fsp3) is 0.583. The summed E-state index contributed by atoms with van der Waals surface area (Å²) in [6, 6.07) is 0. The van der Waals surface area contributed by atoms with E-state index in [1.54, 1.807) is 25.0 Å². The average molecular weight is 294 g/mol. The van der Waals surface area contributed by atoms with E-state index in [-0.39, 0.29) is 6.61 Å². The maximum Gasteiger partial charge on any atom is 0.226 e. The van der Waals surface area contributed by atoms with Crippen molar-refractivity contribution in [1.29, 1.82) is 0 Å². The predicted octanol–water partition coefficient (Wildman–Crippen LogP) is -0.450. The first-order chi connectivity index (χ1) is 10.2. The molecule has 1 saturated heterocycles. The van der Waals surface area contributed by atoms with Gasteiger partial charge in [0.1, 0.15) is 12.3 Å². The van der Waals surface area contributed by atoms with Gasteiger partial charge in [-0.15, -0.1) is 0 Å². The van der Waals surface area contributed by atoms with Crippen LogP contribution in [-0.2, 0) is 4.74 Å². The molecule has 0 bridgehead atoms. The number of aromatic nitrogens is 4. The Balaban J connectivity index is 2.04. The minimum atomic E-state index is -0.702. The highest BCUT2D eigenvalue weighted by Gasteiger charge is 2.35. The van der Waals surface area contributed by atoms with Crippen molar-refractivity contribution in [3.05, 3.63) is 6.33 Å². The molecule has 1 fully saturated rings. The summed E-state index contributed by atoms with van der Waals surface area (Å²) in [6.45, 7) is -0.219. The van der Waals surface area contributed by atoms with E-state index in [1.165, 1.54) is 0 Å². The summed E-state index contributed by atoms with van der Waals surface area (Å²) in [6.07, 6.45) is 0.293. The van der Waals surface area contributed by atoms with Crippen LogP contribution in [0.1, 0.15) is 12.6 Å². The number of imidazole rings is 1. The van der Waals surface area contributed by atoms with Crippen LogP contribution in [0.25, 0.3) is 11.2 Å². The zero-order chi connectivity index (χ0) is 15.0. The second-order valence-electron chi connectivity index (χ2n) is 4.83. The molecule has 2 aromatic heterocycles. The van der Waals surface area contributed by atoms with Crippen LogP contribution in [0.2, 0.25) is 0 Å². The molecule has 0 radical (unpaired) electrons. The lowest BCUT2D eigenvalue weighted by Crippen LogP contribution is -2.24. The Bertz CT molecular complexity index is 645. The standard InChI is InChI=1S/C12H18N6O3/c1-13-10-9-11(17-12(14-2)16-10)18(5-15-9)8-3-6(20)7(4-19)21-8/h5-8,19-20H,3-4H2,1-2H3,(H2,13,14,16,17)/t6-,7+,8+/m1/s1. The Morgan fingerprint density at radius 1 is 1.38 bits per heavy atom. The molecule has 3 atom stereocenters. The Hall–Kier alpha value is -1.97. The Kier molecular flexibility index (Phi) is 3.62. The van der Waals surface area contributed by atoms with Crippen LogP contribution in [0, 0.1) is 0 Å². The second kappa shape index (κ2) is 5.43. The molecule has 0 spiro atoms. The number of nitrogens with zero attached hydrogens (tertiary/aromatic N) is 4. The first kappa shape index (κ1) is 14.0. The number of hydrogen-bond acceptors (Lipinski definition) is 8. The van der Waals surface area contributed by atoms with Crippen molar-refractivity contribution in [2.75, 3.05) is 31.3 Å². The van der Waals surface area contributed by atoms with Crippen LogP contribution < -0.4 is 10.6 Å². The smallest absolute Gasteiger partial charge is 0.226 e. The van der Waals surface area contributed by atoms with E-state index in [0.29, 0.717) is 29.4 Å². The summed E-state index contributed by atoms with van der Waals surface area (Å²) in [4.78, 5) is 13.0. The van der Waals surface area contributed by atoms with Crippen molar-refractivity contribution in [1.82, 2.24) is 19.5 Å². The first-order valence-electron chi connectivity index (χ1n) is 6.72. The van der Waals surface area contributed by atoms with Crippen LogP contribution >= 0.6 is 0 Å². The van der Waals surface area contributed by atoms with Crippen molar-refractivity contribution in [2.45, 2.75) is 24.9 Å². The van der Waals surface area contributed by atoms with Gasteiger partial charge in [0.25, 0.3) is 0 Å². The zero-order valence-electron chi connectivity index (χ0n) is 11.8. The molecule has 114 valence electrons. The molecule has 0 saturated carbocycles. The fourth-order valence-electron chi connectivity index (χ4n) is 2.46.